The van der Waals surface area contributed by atoms with Crippen molar-refractivity contribution in [3.05, 3.63) is 64.7 Å². The molecule has 0 fully saturated rings. The number of aryl methyl sites for hydroxylation is 2. The van der Waals surface area contributed by atoms with E-state index in [2.05, 4.69) is 80.4 Å². The van der Waals surface area contributed by atoms with Crippen molar-refractivity contribution in [1.82, 2.24) is 4.90 Å². The summed E-state index contributed by atoms with van der Waals surface area (Å²) in [6.45, 7) is 10.3. The van der Waals surface area contributed by atoms with Crippen LogP contribution in [0.25, 0.3) is 0 Å². The number of nitrogens with one attached hydrogen (secondary N) is 1. The maximum Gasteiger partial charge on any atom is 0.173 e. The Labute approximate surface area is 145 Å². The van der Waals surface area contributed by atoms with E-state index in [4.69, 9.17) is 12.2 Å². The second-order valence-corrected chi connectivity index (χ2v) is 6.47. The minimum absolute atomic E-state index is 0.793. The molecular formula is C20H26N2S. The van der Waals surface area contributed by atoms with E-state index < -0.39 is 0 Å². The summed E-state index contributed by atoms with van der Waals surface area (Å²) in [5, 5.41) is 4.22. The second-order valence-electron chi connectivity index (χ2n) is 6.08. The lowest BCUT2D eigenvalue weighted by Gasteiger charge is -2.26. The average molecular weight is 327 g/mol. The summed E-state index contributed by atoms with van der Waals surface area (Å²) in [6, 6.07) is 14.9. The molecule has 2 nitrogen and oxygen atoms in total. The zero-order valence-electron chi connectivity index (χ0n) is 14.5. The first-order valence-corrected chi connectivity index (χ1v) is 8.59. The Morgan fingerprint density at radius 2 is 1.74 bits per heavy atom. The van der Waals surface area contributed by atoms with E-state index in [1.54, 1.807) is 0 Å². The highest BCUT2D eigenvalue weighted by molar-refractivity contribution is 7.80. The third-order valence-electron chi connectivity index (χ3n) is 4.12. The van der Waals surface area contributed by atoms with E-state index >= 15 is 0 Å². The summed E-state index contributed by atoms with van der Waals surface area (Å²) in [7, 11) is 0. The Balaban J connectivity index is 2.11. The molecule has 0 bridgehead atoms. The number of anilines is 1. The summed E-state index contributed by atoms with van der Waals surface area (Å²) >= 11 is 5.67. The van der Waals surface area contributed by atoms with Crippen molar-refractivity contribution in [3.63, 3.8) is 0 Å². The summed E-state index contributed by atoms with van der Waals surface area (Å²) in [5.74, 6) is 0. The lowest BCUT2D eigenvalue weighted by Crippen LogP contribution is -2.35. The predicted octanol–water partition coefficient (Wildman–Crippen LogP) is 5.22. The fraction of sp³-hybridized carbons (Fsp3) is 0.350. The highest BCUT2D eigenvalue weighted by atomic mass is 32.1. The largest absolute Gasteiger partial charge is 0.345 e. The molecule has 0 saturated carbocycles. The van der Waals surface area contributed by atoms with Crippen molar-refractivity contribution in [2.24, 2.45) is 0 Å². The molecule has 0 heterocycles. The maximum atomic E-state index is 5.67. The van der Waals surface area contributed by atoms with Gasteiger partial charge >= 0.3 is 0 Å². The summed E-state index contributed by atoms with van der Waals surface area (Å²) in [4.78, 5) is 2.24. The lowest BCUT2D eigenvalue weighted by atomic mass is 10.1. The van der Waals surface area contributed by atoms with Gasteiger partial charge in [0.15, 0.2) is 5.11 Å². The zero-order valence-corrected chi connectivity index (χ0v) is 15.3. The fourth-order valence-corrected chi connectivity index (χ4v) is 2.78. The van der Waals surface area contributed by atoms with Crippen molar-refractivity contribution >= 4 is 23.0 Å². The molecule has 0 aliphatic carbocycles. The molecule has 0 unspecified atom stereocenters. The standard InChI is InChI=1S/C20H26N2S/c1-5-13-22(14-18-11-9-15(2)10-12-18)20(23)21-19-8-6-7-16(3)17(19)4/h6-12H,5,13-14H2,1-4H3,(H,21,23). The third kappa shape index (κ3) is 4.80. The summed E-state index contributed by atoms with van der Waals surface area (Å²) < 4.78 is 0. The van der Waals surface area contributed by atoms with Crippen LogP contribution in [0.2, 0.25) is 0 Å². The van der Waals surface area contributed by atoms with E-state index in [1.807, 2.05) is 0 Å². The summed E-state index contributed by atoms with van der Waals surface area (Å²) in [5.41, 5.74) is 6.20. The number of hydrogen-bond donors (Lipinski definition) is 1. The molecule has 2 rings (SSSR count). The van der Waals surface area contributed by atoms with Crippen molar-refractivity contribution in [1.29, 1.82) is 0 Å². The quantitative estimate of drug-likeness (QED) is 0.758. The average Bonchev–Trinajstić information content (AvgIpc) is 2.53. The Morgan fingerprint density at radius 3 is 2.39 bits per heavy atom. The Bertz CT molecular complexity index is 662. The number of thiocarbonyl (C=S) groups is 1. The monoisotopic (exact) mass is 326 g/mol. The van der Waals surface area contributed by atoms with Gasteiger partial charge in [0.1, 0.15) is 0 Å². The Hall–Kier alpha value is -1.87. The molecule has 2 aromatic carbocycles. The van der Waals surface area contributed by atoms with Crippen molar-refractivity contribution < 1.29 is 0 Å². The van der Waals surface area contributed by atoms with Gasteiger partial charge in [-0.2, -0.15) is 0 Å². The van der Waals surface area contributed by atoms with E-state index in [9.17, 15) is 0 Å². The van der Waals surface area contributed by atoms with Gasteiger partial charge in [-0.3, -0.25) is 0 Å². The predicted molar refractivity (Wildman–Crippen MR) is 104 cm³/mol. The lowest BCUT2D eigenvalue weighted by molar-refractivity contribution is 0.418. The maximum absolute atomic E-state index is 5.67. The second kappa shape index (κ2) is 8.11. The van der Waals surface area contributed by atoms with Crippen LogP contribution in [0.1, 0.15) is 35.6 Å². The van der Waals surface area contributed by atoms with Crippen LogP contribution in [0.4, 0.5) is 5.69 Å². The smallest absolute Gasteiger partial charge is 0.173 e. The van der Waals surface area contributed by atoms with Gasteiger partial charge in [0, 0.05) is 18.8 Å². The molecule has 0 spiro atoms. The van der Waals surface area contributed by atoms with Crippen LogP contribution < -0.4 is 5.32 Å². The van der Waals surface area contributed by atoms with E-state index in [0.29, 0.717) is 0 Å². The van der Waals surface area contributed by atoms with Gasteiger partial charge in [-0.05, 0) is 62.2 Å². The van der Waals surface area contributed by atoms with Gasteiger partial charge in [-0.25, -0.2) is 0 Å². The highest BCUT2D eigenvalue weighted by Crippen LogP contribution is 2.19. The number of benzene rings is 2. The molecule has 23 heavy (non-hydrogen) atoms. The van der Waals surface area contributed by atoms with Gasteiger partial charge in [0.05, 0.1) is 0 Å². The zero-order chi connectivity index (χ0) is 16.8. The molecule has 1 N–H and O–H groups in total. The Morgan fingerprint density at radius 1 is 1.04 bits per heavy atom. The minimum Gasteiger partial charge on any atom is -0.345 e. The van der Waals surface area contributed by atoms with Crippen LogP contribution in [-0.2, 0) is 6.54 Å². The molecule has 0 amide bonds. The molecule has 0 radical (unpaired) electrons. The first-order chi connectivity index (χ1) is 11.0. The summed E-state index contributed by atoms with van der Waals surface area (Å²) in [6.07, 6.45) is 1.07. The van der Waals surface area contributed by atoms with Crippen LogP contribution in [0.3, 0.4) is 0 Å². The number of hydrogen-bond acceptors (Lipinski definition) is 1. The van der Waals surface area contributed by atoms with Gasteiger partial charge in [0.25, 0.3) is 0 Å². The van der Waals surface area contributed by atoms with Crippen LogP contribution >= 0.6 is 12.2 Å². The van der Waals surface area contributed by atoms with Gasteiger partial charge < -0.3 is 10.2 Å². The van der Waals surface area contributed by atoms with Gasteiger partial charge in [0.2, 0.25) is 0 Å². The first kappa shape index (κ1) is 17.5. The van der Waals surface area contributed by atoms with Crippen LogP contribution in [0, 0.1) is 20.8 Å². The van der Waals surface area contributed by atoms with E-state index in [1.165, 1.54) is 22.3 Å². The molecular weight excluding hydrogens is 300 g/mol. The molecule has 0 aromatic heterocycles. The Kier molecular flexibility index (Phi) is 6.17. The molecule has 3 heteroatoms. The van der Waals surface area contributed by atoms with Crippen LogP contribution in [0.5, 0.6) is 0 Å². The fourth-order valence-electron chi connectivity index (χ4n) is 2.52. The van der Waals surface area contributed by atoms with Crippen LogP contribution in [-0.4, -0.2) is 16.6 Å². The first-order valence-electron chi connectivity index (χ1n) is 8.19. The molecule has 2 aromatic rings. The third-order valence-corrected chi connectivity index (χ3v) is 4.48. The minimum atomic E-state index is 0.793. The number of rotatable bonds is 5. The molecule has 0 aliphatic heterocycles. The molecule has 0 atom stereocenters. The SMILES string of the molecule is CCCN(Cc1ccc(C)cc1)C(=S)Nc1cccc(C)c1C. The molecule has 122 valence electrons. The molecule has 0 saturated heterocycles. The van der Waals surface area contributed by atoms with Crippen molar-refractivity contribution in [3.8, 4) is 0 Å². The molecule has 0 aliphatic rings. The number of nitrogens with zero attached hydrogens (tertiary/aromatic N) is 1. The van der Waals surface area contributed by atoms with Gasteiger partial charge in [-0.15, -0.1) is 0 Å². The highest BCUT2D eigenvalue weighted by Gasteiger charge is 2.11. The van der Waals surface area contributed by atoms with E-state index in [-0.39, 0.29) is 0 Å². The topological polar surface area (TPSA) is 15.3 Å². The van der Waals surface area contributed by atoms with Crippen molar-refractivity contribution in [2.45, 2.75) is 40.7 Å². The van der Waals surface area contributed by atoms with E-state index in [0.717, 1.165) is 30.3 Å². The van der Waals surface area contributed by atoms with Crippen molar-refractivity contribution in [2.75, 3.05) is 11.9 Å². The van der Waals surface area contributed by atoms with Gasteiger partial charge in [-0.1, -0.05) is 48.9 Å². The normalized spacial score (nSPS) is 10.4. The van der Waals surface area contributed by atoms with Crippen LogP contribution in [0.15, 0.2) is 42.5 Å².